The molecule has 2 rings (SSSR count). The lowest BCUT2D eigenvalue weighted by atomic mass is 10.3. The molecule has 0 aliphatic heterocycles. The van der Waals surface area contributed by atoms with Gasteiger partial charge in [-0.3, -0.25) is 9.59 Å². The van der Waals surface area contributed by atoms with Gasteiger partial charge in [-0.1, -0.05) is 6.07 Å². The van der Waals surface area contributed by atoms with Crippen LogP contribution in [-0.2, 0) is 11.3 Å². The van der Waals surface area contributed by atoms with E-state index in [-0.39, 0.29) is 11.5 Å². The Morgan fingerprint density at radius 2 is 2.26 bits per heavy atom. The number of aromatic nitrogens is 2. The van der Waals surface area contributed by atoms with Crippen LogP contribution in [0.5, 0.6) is 0 Å². The van der Waals surface area contributed by atoms with Crippen LogP contribution in [0, 0.1) is 0 Å². The minimum Gasteiger partial charge on any atom is -0.359 e. The molecule has 0 spiro atoms. The van der Waals surface area contributed by atoms with Crippen molar-refractivity contribution in [2.45, 2.75) is 19.4 Å². The zero-order chi connectivity index (χ0) is 13.7. The molecule has 2 heterocycles. The maximum atomic E-state index is 11.7. The molecule has 0 aromatic carbocycles. The third-order valence-corrected chi connectivity index (χ3v) is 3.59. The summed E-state index contributed by atoms with van der Waals surface area (Å²) in [6.45, 7) is 0.450. The van der Waals surface area contributed by atoms with Crippen LogP contribution in [0.15, 0.2) is 34.4 Å². The van der Waals surface area contributed by atoms with E-state index in [1.807, 2.05) is 17.5 Å². The fraction of sp³-hybridized carbons (Fsp3) is 0.308. The molecule has 6 heteroatoms. The summed E-state index contributed by atoms with van der Waals surface area (Å²) in [5.41, 5.74) is 0.645. The highest BCUT2D eigenvalue weighted by molar-refractivity contribution is 7.13. The number of carbonyl (C=O) groups excluding carboxylic acids is 1. The van der Waals surface area contributed by atoms with E-state index in [1.165, 1.54) is 10.7 Å². The van der Waals surface area contributed by atoms with Gasteiger partial charge in [-0.2, -0.15) is 5.10 Å². The second kappa shape index (κ2) is 6.29. The van der Waals surface area contributed by atoms with Gasteiger partial charge in [-0.05, 0) is 23.9 Å². The number of rotatable bonds is 5. The van der Waals surface area contributed by atoms with Gasteiger partial charge in [-0.15, -0.1) is 11.3 Å². The van der Waals surface area contributed by atoms with Crippen LogP contribution in [0.1, 0.15) is 12.8 Å². The molecule has 5 nitrogen and oxygen atoms in total. The maximum absolute atomic E-state index is 11.7. The highest BCUT2D eigenvalue weighted by atomic mass is 32.1. The van der Waals surface area contributed by atoms with Crippen LogP contribution in [0.2, 0.25) is 0 Å². The number of carbonyl (C=O) groups is 1. The minimum absolute atomic E-state index is 0.0255. The van der Waals surface area contributed by atoms with Crippen LogP contribution < -0.4 is 10.9 Å². The van der Waals surface area contributed by atoms with Crippen molar-refractivity contribution in [1.82, 2.24) is 15.1 Å². The lowest BCUT2D eigenvalue weighted by Gasteiger charge is -2.05. The Bertz CT molecular complexity index is 605. The zero-order valence-corrected chi connectivity index (χ0v) is 11.4. The van der Waals surface area contributed by atoms with Gasteiger partial charge in [0.1, 0.15) is 5.69 Å². The normalized spacial score (nSPS) is 10.4. The molecule has 0 unspecified atom stereocenters. The molecule has 0 bridgehead atoms. The Labute approximate surface area is 114 Å². The molecule has 0 fully saturated rings. The highest BCUT2D eigenvalue weighted by Crippen LogP contribution is 2.21. The highest BCUT2D eigenvalue weighted by Gasteiger charge is 2.05. The summed E-state index contributed by atoms with van der Waals surface area (Å²) in [6, 6.07) is 7.15. The van der Waals surface area contributed by atoms with E-state index >= 15 is 0 Å². The van der Waals surface area contributed by atoms with E-state index in [9.17, 15) is 9.59 Å². The first kappa shape index (κ1) is 13.5. The molecule has 1 N–H and O–H groups in total. The predicted molar refractivity (Wildman–Crippen MR) is 75.1 cm³/mol. The molecule has 2 aromatic rings. The number of nitrogens with one attached hydrogen (secondary N) is 1. The Balaban J connectivity index is 2.10. The molecule has 0 atom stereocenters. The van der Waals surface area contributed by atoms with Crippen LogP contribution in [0.3, 0.4) is 0 Å². The van der Waals surface area contributed by atoms with Gasteiger partial charge >= 0.3 is 0 Å². The monoisotopic (exact) mass is 277 g/mol. The summed E-state index contributed by atoms with van der Waals surface area (Å²) in [5, 5.41) is 8.85. The molecule has 0 saturated carbocycles. The van der Waals surface area contributed by atoms with E-state index in [4.69, 9.17) is 0 Å². The molecule has 100 valence electrons. The van der Waals surface area contributed by atoms with Gasteiger partial charge in [-0.25, -0.2) is 4.68 Å². The quantitative estimate of drug-likeness (QED) is 0.900. The number of thiophene rings is 1. The maximum Gasteiger partial charge on any atom is 0.266 e. The number of nitrogens with zero attached hydrogens (tertiary/aromatic N) is 2. The van der Waals surface area contributed by atoms with E-state index < -0.39 is 0 Å². The van der Waals surface area contributed by atoms with Gasteiger partial charge in [0.25, 0.3) is 5.56 Å². The SMILES string of the molecule is CNC(=O)CCCn1nc(-c2cccs2)ccc1=O. The summed E-state index contributed by atoms with van der Waals surface area (Å²) in [4.78, 5) is 23.8. The zero-order valence-electron chi connectivity index (χ0n) is 10.6. The first-order valence-corrected chi connectivity index (χ1v) is 6.91. The first-order valence-electron chi connectivity index (χ1n) is 6.03. The molecule has 0 saturated heterocycles. The minimum atomic E-state index is -0.141. The Morgan fingerprint density at radius 1 is 1.42 bits per heavy atom. The molecule has 0 aliphatic carbocycles. The largest absolute Gasteiger partial charge is 0.359 e. The second-order valence-electron chi connectivity index (χ2n) is 4.03. The molecule has 0 radical (unpaired) electrons. The van der Waals surface area contributed by atoms with Crippen LogP contribution in [0.4, 0.5) is 0 Å². The summed E-state index contributed by atoms with van der Waals surface area (Å²) in [5.74, 6) is -0.0255. The van der Waals surface area contributed by atoms with Crippen molar-refractivity contribution >= 4 is 17.2 Å². The summed E-state index contributed by atoms with van der Waals surface area (Å²) < 4.78 is 1.41. The second-order valence-corrected chi connectivity index (χ2v) is 4.98. The van der Waals surface area contributed by atoms with Gasteiger partial charge < -0.3 is 5.32 Å². The lowest BCUT2D eigenvalue weighted by Crippen LogP contribution is -2.24. The van der Waals surface area contributed by atoms with Crippen LogP contribution in [-0.4, -0.2) is 22.7 Å². The molecular weight excluding hydrogens is 262 g/mol. The van der Waals surface area contributed by atoms with Crippen molar-refractivity contribution < 1.29 is 4.79 Å². The smallest absolute Gasteiger partial charge is 0.266 e. The Hall–Kier alpha value is -1.95. The van der Waals surface area contributed by atoms with E-state index in [2.05, 4.69) is 10.4 Å². The van der Waals surface area contributed by atoms with Crippen molar-refractivity contribution in [2.24, 2.45) is 0 Å². The van der Waals surface area contributed by atoms with E-state index in [1.54, 1.807) is 24.5 Å². The molecule has 19 heavy (non-hydrogen) atoms. The summed E-state index contributed by atoms with van der Waals surface area (Å²) in [6.07, 6.45) is 0.994. The van der Waals surface area contributed by atoms with E-state index in [0.29, 0.717) is 19.4 Å². The van der Waals surface area contributed by atoms with Crippen molar-refractivity contribution in [2.75, 3.05) is 7.05 Å². The van der Waals surface area contributed by atoms with E-state index in [0.717, 1.165) is 10.6 Å². The van der Waals surface area contributed by atoms with Gasteiger partial charge in [0.15, 0.2) is 0 Å². The third kappa shape index (κ3) is 3.51. The van der Waals surface area contributed by atoms with Crippen molar-refractivity contribution in [1.29, 1.82) is 0 Å². The summed E-state index contributed by atoms with van der Waals surface area (Å²) >= 11 is 1.58. The van der Waals surface area contributed by atoms with Gasteiger partial charge in [0.2, 0.25) is 5.91 Å². The van der Waals surface area contributed by atoms with Crippen molar-refractivity contribution in [3.63, 3.8) is 0 Å². The number of hydrogen-bond donors (Lipinski definition) is 1. The van der Waals surface area contributed by atoms with Gasteiger partial charge in [0, 0.05) is 26.1 Å². The molecule has 0 aliphatic rings. The number of hydrogen-bond acceptors (Lipinski definition) is 4. The fourth-order valence-corrected chi connectivity index (χ4v) is 2.37. The van der Waals surface area contributed by atoms with Crippen LogP contribution >= 0.6 is 11.3 Å². The predicted octanol–water partition coefficient (Wildman–Crippen LogP) is 1.50. The average Bonchev–Trinajstić information content (AvgIpc) is 2.94. The molecule has 2 aromatic heterocycles. The Morgan fingerprint density at radius 3 is 2.95 bits per heavy atom. The number of amides is 1. The standard InChI is InChI=1S/C13H15N3O2S/c1-14-12(17)5-2-8-16-13(18)7-6-10(15-16)11-4-3-9-19-11/h3-4,6-7,9H,2,5,8H2,1H3,(H,14,17). The lowest BCUT2D eigenvalue weighted by molar-refractivity contribution is -0.120. The van der Waals surface area contributed by atoms with Gasteiger partial charge in [0.05, 0.1) is 4.88 Å². The first-order chi connectivity index (χ1) is 9.20. The third-order valence-electron chi connectivity index (χ3n) is 2.69. The average molecular weight is 277 g/mol. The Kier molecular flexibility index (Phi) is 4.46. The molecular formula is C13H15N3O2S. The number of aryl methyl sites for hydroxylation is 1. The van der Waals surface area contributed by atoms with Crippen molar-refractivity contribution in [3.05, 3.63) is 40.0 Å². The molecule has 1 amide bonds. The van der Waals surface area contributed by atoms with Crippen molar-refractivity contribution in [3.8, 4) is 10.6 Å². The summed E-state index contributed by atoms with van der Waals surface area (Å²) in [7, 11) is 1.60. The van der Waals surface area contributed by atoms with Crippen LogP contribution in [0.25, 0.3) is 10.6 Å². The fourth-order valence-electron chi connectivity index (χ4n) is 1.68. The topological polar surface area (TPSA) is 64.0 Å².